The lowest BCUT2D eigenvalue weighted by atomic mass is 10.0. The van der Waals surface area contributed by atoms with Crippen LogP contribution in [0.15, 0.2) is 42.5 Å². The summed E-state index contributed by atoms with van der Waals surface area (Å²) in [4.78, 5) is 0. The fraction of sp³-hybridized carbons (Fsp3) is 0.294. The first kappa shape index (κ1) is 17.1. The topological polar surface area (TPSA) is 38.7 Å². The van der Waals surface area contributed by atoms with E-state index in [1.807, 2.05) is 0 Å². The van der Waals surface area contributed by atoms with Crippen LogP contribution >= 0.6 is 0 Å². The molecule has 1 N–H and O–H groups in total. The zero-order chi connectivity index (χ0) is 17.0. The molecule has 0 heterocycles. The van der Waals surface area contributed by atoms with Crippen molar-refractivity contribution in [3.8, 4) is 22.6 Å². The molecule has 124 valence electrons. The van der Waals surface area contributed by atoms with Gasteiger partial charge in [0.15, 0.2) is 11.5 Å². The van der Waals surface area contributed by atoms with E-state index in [1.54, 1.807) is 44.2 Å². The molecule has 0 unspecified atom stereocenters. The lowest BCUT2D eigenvalue weighted by Gasteiger charge is -2.17. The first-order valence-corrected chi connectivity index (χ1v) is 7.05. The molecule has 0 radical (unpaired) electrons. The number of ether oxygens (including phenoxy) is 2. The second-order valence-electron chi connectivity index (χ2n) is 5.23. The van der Waals surface area contributed by atoms with Crippen LogP contribution in [0.4, 0.5) is 13.2 Å². The number of hydrogen-bond donors (Lipinski definition) is 1. The fourth-order valence-corrected chi connectivity index (χ4v) is 2.09. The highest BCUT2D eigenvalue weighted by Gasteiger charge is 2.32. The molecule has 2 rings (SSSR count). The average molecular weight is 326 g/mol. The number of alkyl halides is 3. The summed E-state index contributed by atoms with van der Waals surface area (Å²) >= 11 is 0. The van der Waals surface area contributed by atoms with Crippen molar-refractivity contribution in [2.45, 2.75) is 32.9 Å². The fourth-order valence-electron chi connectivity index (χ4n) is 2.09. The summed E-state index contributed by atoms with van der Waals surface area (Å²) in [6.45, 7) is 3.29. The Morgan fingerprint density at radius 1 is 1.00 bits per heavy atom. The molecule has 0 aliphatic carbocycles. The Kier molecular flexibility index (Phi) is 5.15. The predicted molar refractivity (Wildman–Crippen MR) is 80.2 cm³/mol. The van der Waals surface area contributed by atoms with Gasteiger partial charge in [-0.1, -0.05) is 24.3 Å². The molecule has 0 atom stereocenters. The lowest BCUT2D eigenvalue weighted by molar-refractivity contribution is -0.275. The van der Waals surface area contributed by atoms with E-state index < -0.39 is 12.1 Å². The van der Waals surface area contributed by atoms with Crippen LogP contribution in [0.25, 0.3) is 11.1 Å². The molecular formula is C17H17F3O3. The van der Waals surface area contributed by atoms with Crippen LogP contribution in [0.5, 0.6) is 11.5 Å². The van der Waals surface area contributed by atoms with Crippen molar-refractivity contribution in [1.29, 1.82) is 0 Å². The van der Waals surface area contributed by atoms with Crippen molar-refractivity contribution in [3.63, 3.8) is 0 Å². The Balaban J connectivity index is 2.43. The molecule has 0 amide bonds. The Labute approximate surface area is 132 Å². The van der Waals surface area contributed by atoms with E-state index >= 15 is 0 Å². The third-order valence-electron chi connectivity index (χ3n) is 2.97. The van der Waals surface area contributed by atoms with Gasteiger partial charge >= 0.3 is 6.36 Å². The number of rotatable bonds is 5. The smallest absolute Gasteiger partial charge is 0.487 e. The number of halogens is 3. The molecule has 0 bridgehead atoms. The molecule has 0 saturated carbocycles. The van der Waals surface area contributed by atoms with Gasteiger partial charge in [-0.15, -0.1) is 13.2 Å². The van der Waals surface area contributed by atoms with Crippen molar-refractivity contribution < 1.29 is 27.8 Å². The minimum Gasteiger partial charge on any atom is -0.487 e. The van der Waals surface area contributed by atoms with Gasteiger partial charge in [0.1, 0.15) is 0 Å². The molecule has 23 heavy (non-hydrogen) atoms. The van der Waals surface area contributed by atoms with Gasteiger partial charge in [-0.25, -0.2) is 0 Å². The van der Waals surface area contributed by atoms with E-state index in [9.17, 15) is 13.2 Å². The van der Waals surface area contributed by atoms with E-state index in [-0.39, 0.29) is 18.5 Å². The zero-order valence-corrected chi connectivity index (χ0v) is 12.7. The molecule has 2 aromatic rings. The van der Waals surface area contributed by atoms with Gasteiger partial charge in [-0.2, -0.15) is 0 Å². The molecule has 0 aliphatic heterocycles. The molecule has 6 heteroatoms. The lowest BCUT2D eigenvalue weighted by Crippen LogP contribution is -2.18. The molecule has 0 saturated heterocycles. The summed E-state index contributed by atoms with van der Waals surface area (Å²) < 4.78 is 47.2. The highest BCUT2D eigenvalue weighted by atomic mass is 19.4. The molecule has 0 spiro atoms. The van der Waals surface area contributed by atoms with Crippen molar-refractivity contribution in [3.05, 3.63) is 48.0 Å². The number of aliphatic hydroxyl groups excluding tert-OH is 1. The van der Waals surface area contributed by atoms with Crippen molar-refractivity contribution in [1.82, 2.24) is 0 Å². The third kappa shape index (κ3) is 4.89. The van der Waals surface area contributed by atoms with Crippen LogP contribution in [0.3, 0.4) is 0 Å². The number of benzene rings is 2. The Morgan fingerprint density at radius 3 is 2.30 bits per heavy atom. The molecule has 0 aromatic heterocycles. The maximum absolute atomic E-state index is 12.6. The number of aliphatic hydroxyl groups is 1. The van der Waals surface area contributed by atoms with Crippen molar-refractivity contribution in [2.75, 3.05) is 0 Å². The minimum absolute atomic E-state index is 0.0272. The summed E-state index contributed by atoms with van der Waals surface area (Å²) in [7, 11) is 0. The largest absolute Gasteiger partial charge is 0.573 e. The van der Waals surface area contributed by atoms with Crippen LogP contribution in [0.2, 0.25) is 0 Å². The van der Waals surface area contributed by atoms with Gasteiger partial charge < -0.3 is 14.6 Å². The highest BCUT2D eigenvalue weighted by molar-refractivity contribution is 5.67. The molecular weight excluding hydrogens is 309 g/mol. The SMILES string of the molecule is CC(C)Oc1ccc(-c2cccc(CO)c2)cc1OC(F)(F)F. The number of hydrogen-bond acceptors (Lipinski definition) is 3. The Morgan fingerprint density at radius 2 is 1.70 bits per heavy atom. The van der Waals surface area contributed by atoms with Gasteiger partial charge in [-0.3, -0.25) is 0 Å². The minimum atomic E-state index is -4.80. The summed E-state index contributed by atoms with van der Waals surface area (Å²) in [5.41, 5.74) is 1.89. The standard InChI is InChI=1S/C17H17F3O3/c1-11(2)22-15-7-6-14(9-16(15)23-17(18,19)20)13-5-3-4-12(8-13)10-21/h3-9,11,21H,10H2,1-2H3. The van der Waals surface area contributed by atoms with Crippen LogP contribution in [0, 0.1) is 0 Å². The van der Waals surface area contributed by atoms with Gasteiger partial charge in [0.25, 0.3) is 0 Å². The monoisotopic (exact) mass is 326 g/mol. The summed E-state index contributed by atoms with van der Waals surface area (Å²) in [5.74, 6) is -0.363. The van der Waals surface area contributed by atoms with Crippen LogP contribution in [0.1, 0.15) is 19.4 Å². The maximum atomic E-state index is 12.6. The van der Waals surface area contributed by atoms with Gasteiger partial charge in [-0.05, 0) is 48.7 Å². The van der Waals surface area contributed by atoms with Crippen molar-refractivity contribution >= 4 is 0 Å². The Bertz CT molecular complexity index is 666. The zero-order valence-electron chi connectivity index (χ0n) is 12.7. The summed E-state index contributed by atoms with van der Waals surface area (Å²) in [6, 6.07) is 11.3. The highest BCUT2D eigenvalue weighted by Crippen LogP contribution is 2.36. The average Bonchev–Trinajstić information content (AvgIpc) is 2.47. The first-order chi connectivity index (χ1) is 10.8. The van der Waals surface area contributed by atoms with Crippen LogP contribution < -0.4 is 9.47 Å². The predicted octanol–water partition coefficient (Wildman–Crippen LogP) is 4.53. The van der Waals surface area contributed by atoms with E-state index in [2.05, 4.69) is 4.74 Å². The summed E-state index contributed by atoms with van der Waals surface area (Å²) in [5, 5.41) is 9.17. The quantitative estimate of drug-likeness (QED) is 0.877. The van der Waals surface area contributed by atoms with Crippen LogP contribution in [-0.2, 0) is 6.61 Å². The Hall–Kier alpha value is -2.21. The normalized spacial score (nSPS) is 11.6. The van der Waals surface area contributed by atoms with E-state index in [1.165, 1.54) is 12.1 Å². The molecule has 2 aromatic carbocycles. The van der Waals surface area contributed by atoms with Crippen molar-refractivity contribution in [2.24, 2.45) is 0 Å². The van der Waals surface area contributed by atoms with Gasteiger partial charge in [0.05, 0.1) is 12.7 Å². The third-order valence-corrected chi connectivity index (χ3v) is 2.97. The second-order valence-corrected chi connectivity index (χ2v) is 5.23. The van der Waals surface area contributed by atoms with Gasteiger partial charge in [0.2, 0.25) is 0 Å². The molecule has 0 aliphatic rings. The van der Waals surface area contributed by atoms with E-state index in [0.29, 0.717) is 16.7 Å². The molecule has 3 nitrogen and oxygen atoms in total. The van der Waals surface area contributed by atoms with Gasteiger partial charge in [0, 0.05) is 0 Å². The second kappa shape index (κ2) is 6.91. The first-order valence-electron chi connectivity index (χ1n) is 7.05. The summed E-state index contributed by atoms with van der Waals surface area (Å²) in [6.07, 6.45) is -5.09. The van der Waals surface area contributed by atoms with Crippen LogP contribution in [-0.4, -0.2) is 17.6 Å². The van der Waals surface area contributed by atoms with E-state index in [4.69, 9.17) is 9.84 Å². The maximum Gasteiger partial charge on any atom is 0.573 e. The molecule has 0 fully saturated rings. The van der Waals surface area contributed by atoms with E-state index in [0.717, 1.165) is 0 Å².